The molecule has 0 fully saturated rings. The summed E-state index contributed by atoms with van der Waals surface area (Å²) >= 11 is 5.78. The van der Waals surface area contributed by atoms with Gasteiger partial charge in [-0.2, -0.15) is 5.26 Å². The number of hydrogen-bond donors (Lipinski definition) is 0. The molecule has 1 heterocycles. The van der Waals surface area contributed by atoms with Crippen LogP contribution in [0.5, 0.6) is 0 Å². The van der Waals surface area contributed by atoms with Crippen molar-refractivity contribution >= 4 is 11.6 Å². The van der Waals surface area contributed by atoms with Gasteiger partial charge in [0, 0.05) is 13.5 Å². The van der Waals surface area contributed by atoms with Gasteiger partial charge in [0.1, 0.15) is 11.9 Å². The van der Waals surface area contributed by atoms with Gasteiger partial charge in [-0.3, -0.25) is 0 Å². The minimum absolute atomic E-state index is 0.306. The topological polar surface area (TPSA) is 41.6 Å². The maximum atomic E-state index is 8.75. The van der Waals surface area contributed by atoms with E-state index in [0.29, 0.717) is 16.8 Å². The Hall–Kier alpha value is -1.01. The summed E-state index contributed by atoms with van der Waals surface area (Å²) in [4.78, 5) is 4.13. The third-order valence-corrected chi connectivity index (χ3v) is 2.11. The molecule has 1 aromatic rings. The van der Waals surface area contributed by atoms with Crippen molar-refractivity contribution in [3.8, 4) is 6.07 Å². The fraction of sp³-hybridized carbons (Fsp3) is 0.556. The predicted octanol–water partition coefficient (Wildman–Crippen LogP) is 2.14. The first kappa shape index (κ1) is 10.1. The van der Waals surface area contributed by atoms with Gasteiger partial charge in [0.05, 0.1) is 0 Å². The number of rotatable bonds is 2. The van der Waals surface area contributed by atoms with Crippen LogP contribution in [0.1, 0.15) is 25.4 Å². The SMILES string of the molecule is CC(C)Cc1nc(Cl)c(C#N)n1C. The summed E-state index contributed by atoms with van der Waals surface area (Å²) in [5.74, 6) is 1.39. The third kappa shape index (κ3) is 2.02. The Kier molecular flexibility index (Phi) is 2.94. The van der Waals surface area contributed by atoms with E-state index >= 15 is 0 Å². The van der Waals surface area contributed by atoms with Crippen molar-refractivity contribution in [2.75, 3.05) is 0 Å². The molecular formula is C9H12ClN3. The second-order valence-electron chi connectivity index (χ2n) is 3.44. The number of nitrogens with zero attached hydrogens (tertiary/aromatic N) is 3. The van der Waals surface area contributed by atoms with E-state index in [0.717, 1.165) is 12.2 Å². The summed E-state index contributed by atoms with van der Waals surface area (Å²) in [5, 5.41) is 9.06. The highest BCUT2D eigenvalue weighted by molar-refractivity contribution is 6.30. The second kappa shape index (κ2) is 3.80. The molecule has 1 rings (SSSR count). The lowest BCUT2D eigenvalue weighted by atomic mass is 10.1. The average Bonchev–Trinajstić information content (AvgIpc) is 2.26. The first-order chi connectivity index (χ1) is 6.06. The van der Waals surface area contributed by atoms with Crippen LogP contribution in [0.4, 0.5) is 0 Å². The summed E-state index contributed by atoms with van der Waals surface area (Å²) in [6, 6.07) is 2.03. The van der Waals surface area contributed by atoms with Crippen molar-refractivity contribution in [2.24, 2.45) is 13.0 Å². The number of halogens is 1. The molecule has 0 saturated carbocycles. The summed E-state index contributed by atoms with van der Waals surface area (Å²) < 4.78 is 1.75. The van der Waals surface area contributed by atoms with Gasteiger partial charge in [-0.05, 0) is 5.92 Å². The van der Waals surface area contributed by atoms with Crippen molar-refractivity contribution in [3.63, 3.8) is 0 Å². The molecule has 1 aromatic heterocycles. The third-order valence-electron chi connectivity index (χ3n) is 1.84. The first-order valence-corrected chi connectivity index (χ1v) is 4.55. The number of nitriles is 1. The summed E-state index contributed by atoms with van der Waals surface area (Å²) in [6.07, 6.45) is 0.845. The molecule has 0 atom stereocenters. The van der Waals surface area contributed by atoms with Crippen LogP contribution in [-0.2, 0) is 13.5 Å². The van der Waals surface area contributed by atoms with Gasteiger partial charge in [-0.25, -0.2) is 4.98 Å². The maximum absolute atomic E-state index is 8.75. The monoisotopic (exact) mass is 197 g/mol. The Morgan fingerprint density at radius 2 is 2.23 bits per heavy atom. The lowest BCUT2D eigenvalue weighted by Crippen LogP contribution is -2.03. The Morgan fingerprint density at radius 3 is 2.62 bits per heavy atom. The summed E-state index contributed by atoms with van der Waals surface area (Å²) in [6.45, 7) is 4.21. The van der Waals surface area contributed by atoms with Crippen LogP contribution in [0.3, 0.4) is 0 Å². The highest BCUT2D eigenvalue weighted by Crippen LogP contribution is 2.16. The molecular weight excluding hydrogens is 186 g/mol. The average molecular weight is 198 g/mol. The van der Waals surface area contributed by atoms with Crippen LogP contribution in [0.15, 0.2) is 0 Å². The molecule has 0 aliphatic carbocycles. The minimum atomic E-state index is 0.306. The van der Waals surface area contributed by atoms with E-state index in [4.69, 9.17) is 16.9 Å². The van der Waals surface area contributed by atoms with Gasteiger partial charge in [0.2, 0.25) is 0 Å². The zero-order valence-electron chi connectivity index (χ0n) is 8.00. The predicted molar refractivity (Wildman–Crippen MR) is 51.5 cm³/mol. The summed E-state index contributed by atoms with van der Waals surface area (Å²) in [5.41, 5.74) is 0.442. The van der Waals surface area contributed by atoms with Gasteiger partial charge in [0.25, 0.3) is 0 Å². The second-order valence-corrected chi connectivity index (χ2v) is 3.79. The number of hydrogen-bond acceptors (Lipinski definition) is 2. The largest absolute Gasteiger partial charge is 0.322 e. The molecule has 0 unspecified atom stereocenters. The lowest BCUT2D eigenvalue weighted by Gasteiger charge is -2.03. The molecule has 0 aliphatic heterocycles. The van der Waals surface area contributed by atoms with Crippen LogP contribution in [0.2, 0.25) is 5.15 Å². The van der Waals surface area contributed by atoms with Crippen molar-refractivity contribution in [1.29, 1.82) is 5.26 Å². The molecule has 13 heavy (non-hydrogen) atoms. The fourth-order valence-corrected chi connectivity index (χ4v) is 1.44. The molecule has 0 saturated heterocycles. The van der Waals surface area contributed by atoms with Gasteiger partial charge >= 0.3 is 0 Å². The van der Waals surface area contributed by atoms with Gasteiger partial charge in [-0.15, -0.1) is 0 Å². The van der Waals surface area contributed by atoms with E-state index in [1.807, 2.05) is 13.1 Å². The van der Waals surface area contributed by atoms with Crippen molar-refractivity contribution in [2.45, 2.75) is 20.3 Å². The molecule has 4 heteroatoms. The highest BCUT2D eigenvalue weighted by atomic mass is 35.5. The lowest BCUT2D eigenvalue weighted by molar-refractivity contribution is 0.601. The van der Waals surface area contributed by atoms with E-state index in [9.17, 15) is 0 Å². The molecule has 0 aromatic carbocycles. The maximum Gasteiger partial charge on any atom is 0.165 e. The van der Waals surface area contributed by atoms with Crippen molar-refractivity contribution in [1.82, 2.24) is 9.55 Å². The molecule has 70 valence electrons. The van der Waals surface area contributed by atoms with Crippen LogP contribution < -0.4 is 0 Å². The van der Waals surface area contributed by atoms with Gasteiger partial charge in [0.15, 0.2) is 10.8 Å². The molecule has 0 aliphatic rings. The molecule has 0 spiro atoms. The van der Waals surface area contributed by atoms with Crippen molar-refractivity contribution in [3.05, 3.63) is 16.7 Å². The van der Waals surface area contributed by atoms with Crippen LogP contribution >= 0.6 is 11.6 Å². The Balaban J connectivity index is 3.05. The van der Waals surface area contributed by atoms with Crippen LogP contribution in [0.25, 0.3) is 0 Å². The molecule has 0 bridgehead atoms. The van der Waals surface area contributed by atoms with E-state index in [1.165, 1.54) is 0 Å². The fourth-order valence-electron chi connectivity index (χ4n) is 1.18. The van der Waals surface area contributed by atoms with E-state index < -0.39 is 0 Å². The zero-order valence-corrected chi connectivity index (χ0v) is 8.76. The normalized spacial score (nSPS) is 10.5. The number of aromatic nitrogens is 2. The Bertz CT molecular complexity index is 346. The van der Waals surface area contributed by atoms with Gasteiger partial charge in [-0.1, -0.05) is 25.4 Å². The van der Waals surface area contributed by atoms with Crippen LogP contribution in [-0.4, -0.2) is 9.55 Å². The van der Waals surface area contributed by atoms with Crippen LogP contribution in [0, 0.1) is 17.2 Å². The Labute approximate surface area is 83.0 Å². The van der Waals surface area contributed by atoms with E-state index in [2.05, 4.69) is 18.8 Å². The molecule has 0 radical (unpaired) electrons. The molecule has 3 nitrogen and oxygen atoms in total. The minimum Gasteiger partial charge on any atom is -0.322 e. The molecule has 0 amide bonds. The Morgan fingerprint density at radius 1 is 1.62 bits per heavy atom. The van der Waals surface area contributed by atoms with E-state index in [-0.39, 0.29) is 0 Å². The standard InChI is InChI=1S/C9H12ClN3/c1-6(2)4-8-12-9(10)7(5-11)13(8)3/h6H,4H2,1-3H3. The summed E-state index contributed by atoms with van der Waals surface area (Å²) in [7, 11) is 1.81. The zero-order chi connectivity index (χ0) is 10.0. The van der Waals surface area contributed by atoms with Crippen molar-refractivity contribution < 1.29 is 0 Å². The smallest absolute Gasteiger partial charge is 0.165 e. The molecule has 0 N–H and O–H groups in total. The number of imidazole rings is 1. The highest BCUT2D eigenvalue weighted by Gasteiger charge is 2.12. The first-order valence-electron chi connectivity index (χ1n) is 4.17. The van der Waals surface area contributed by atoms with Gasteiger partial charge < -0.3 is 4.57 Å². The van der Waals surface area contributed by atoms with E-state index in [1.54, 1.807) is 4.57 Å². The quantitative estimate of drug-likeness (QED) is 0.729.